The maximum Gasteiger partial charge on any atom is 0.243 e. The number of hydrogen-bond donors (Lipinski definition) is 1. The molecule has 2 N–H and O–H groups in total. The Morgan fingerprint density at radius 2 is 1.81 bits per heavy atom. The van der Waals surface area contributed by atoms with E-state index in [-0.39, 0.29) is 0 Å². The summed E-state index contributed by atoms with van der Waals surface area (Å²) in [6, 6.07) is 3.69. The van der Waals surface area contributed by atoms with Gasteiger partial charge < -0.3 is 5.73 Å². The molecule has 1 saturated heterocycles. The number of nitrogens with two attached hydrogens (primary N) is 1. The summed E-state index contributed by atoms with van der Waals surface area (Å²) in [5.74, 6) is 0. The van der Waals surface area contributed by atoms with Gasteiger partial charge in [0.25, 0.3) is 0 Å². The van der Waals surface area contributed by atoms with Gasteiger partial charge in [0.2, 0.25) is 10.0 Å². The Labute approximate surface area is 132 Å². The summed E-state index contributed by atoms with van der Waals surface area (Å²) in [4.78, 5) is 0.411. The van der Waals surface area contributed by atoms with Crippen LogP contribution in [0.15, 0.2) is 17.0 Å². The van der Waals surface area contributed by atoms with E-state index in [4.69, 9.17) is 5.73 Å². The molecule has 0 aliphatic carbocycles. The van der Waals surface area contributed by atoms with Crippen molar-refractivity contribution < 1.29 is 8.42 Å². The Morgan fingerprint density at radius 1 is 1.24 bits per heavy atom. The minimum atomic E-state index is -3.45. The molecule has 4 nitrogen and oxygen atoms in total. The normalized spacial score (nSPS) is 24.2. The molecule has 0 amide bonds. The van der Waals surface area contributed by atoms with Gasteiger partial charge >= 0.3 is 0 Å². The molecule has 21 heavy (non-hydrogen) atoms. The molecule has 0 bridgehead atoms. The van der Waals surface area contributed by atoms with E-state index in [1.807, 2.05) is 31.7 Å². The smallest absolute Gasteiger partial charge is 0.243 e. The minimum absolute atomic E-state index is 0.322. The van der Waals surface area contributed by atoms with Crippen molar-refractivity contribution in [3.63, 3.8) is 0 Å². The molecule has 1 fully saturated rings. The second kappa shape index (κ2) is 6.28. The Morgan fingerprint density at radius 3 is 2.33 bits per heavy atom. The fraction of sp³-hybridized carbons (Fsp3) is 0.600. The van der Waals surface area contributed by atoms with Crippen LogP contribution in [0.1, 0.15) is 30.5 Å². The van der Waals surface area contributed by atoms with Gasteiger partial charge in [0, 0.05) is 30.1 Å². The van der Waals surface area contributed by atoms with Gasteiger partial charge in [-0.3, -0.25) is 0 Å². The molecule has 1 aliphatic heterocycles. The molecule has 1 aromatic carbocycles. The molecule has 2 atom stereocenters. The van der Waals surface area contributed by atoms with E-state index in [1.54, 1.807) is 10.4 Å². The summed E-state index contributed by atoms with van der Waals surface area (Å²) < 4.78 is 27.6. The van der Waals surface area contributed by atoms with Crippen LogP contribution in [0.5, 0.6) is 0 Å². The highest BCUT2D eigenvalue weighted by Gasteiger charge is 2.33. The average molecular weight is 329 g/mol. The first-order valence-corrected chi connectivity index (χ1v) is 9.59. The van der Waals surface area contributed by atoms with Gasteiger partial charge in [-0.1, -0.05) is 19.9 Å². The third kappa shape index (κ3) is 3.44. The highest BCUT2D eigenvalue weighted by atomic mass is 32.2. The zero-order valence-electron chi connectivity index (χ0n) is 13.1. The second-order valence-electron chi connectivity index (χ2n) is 5.82. The third-order valence-electron chi connectivity index (χ3n) is 3.92. The maximum absolute atomic E-state index is 13.0. The van der Waals surface area contributed by atoms with Crippen molar-refractivity contribution in [3.05, 3.63) is 28.8 Å². The van der Waals surface area contributed by atoms with Crippen molar-refractivity contribution >= 4 is 21.8 Å². The summed E-state index contributed by atoms with van der Waals surface area (Å²) in [5, 5.41) is 0.644. The van der Waals surface area contributed by atoms with E-state index in [0.717, 1.165) is 16.7 Å². The third-order valence-corrected chi connectivity index (χ3v) is 7.10. The lowest BCUT2D eigenvalue weighted by Crippen LogP contribution is -2.44. The highest BCUT2D eigenvalue weighted by Crippen LogP contribution is 2.31. The van der Waals surface area contributed by atoms with E-state index in [0.29, 0.717) is 35.0 Å². The van der Waals surface area contributed by atoms with Crippen molar-refractivity contribution in [2.24, 2.45) is 5.73 Å². The van der Waals surface area contributed by atoms with Gasteiger partial charge in [0.15, 0.2) is 0 Å². The molecular weight excluding hydrogens is 304 g/mol. The predicted molar refractivity (Wildman–Crippen MR) is 89.1 cm³/mol. The van der Waals surface area contributed by atoms with E-state index in [1.165, 1.54) is 0 Å². The number of hydrogen-bond acceptors (Lipinski definition) is 4. The molecule has 0 saturated carbocycles. The molecule has 118 valence electrons. The van der Waals surface area contributed by atoms with Gasteiger partial charge in [0.1, 0.15) is 0 Å². The van der Waals surface area contributed by atoms with Gasteiger partial charge in [-0.25, -0.2) is 8.42 Å². The monoisotopic (exact) mass is 328 g/mol. The minimum Gasteiger partial charge on any atom is -0.326 e. The first-order valence-electron chi connectivity index (χ1n) is 7.21. The first-order chi connectivity index (χ1) is 9.75. The van der Waals surface area contributed by atoms with Crippen LogP contribution in [0.25, 0.3) is 0 Å². The van der Waals surface area contributed by atoms with E-state index in [9.17, 15) is 8.42 Å². The van der Waals surface area contributed by atoms with E-state index < -0.39 is 10.0 Å². The Bertz CT molecular complexity index is 619. The fourth-order valence-corrected chi connectivity index (χ4v) is 6.23. The van der Waals surface area contributed by atoms with Crippen LogP contribution in [0, 0.1) is 13.8 Å². The van der Waals surface area contributed by atoms with Gasteiger partial charge in [-0.2, -0.15) is 16.1 Å². The SMILES string of the molecule is Cc1cc(CN)cc(S(=O)(=O)N2CC(C)SC(C)C2)c1C. The summed E-state index contributed by atoms with van der Waals surface area (Å²) in [5.41, 5.74) is 8.36. The molecule has 1 aromatic rings. The molecule has 2 unspecified atom stereocenters. The number of rotatable bonds is 3. The molecule has 1 aliphatic rings. The number of thioether (sulfide) groups is 1. The molecular formula is C15H24N2O2S2. The lowest BCUT2D eigenvalue weighted by Gasteiger charge is -2.34. The Balaban J connectivity index is 2.46. The van der Waals surface area contributed by atoms with Crippen LogP contribution >= 0.6 is 11.8 Å². The fourth-order valence-electron chi connectivity index (χ4n) is 2.75. The van der Waals surface area contributed by atoms with Crippen LogP contribution in [0.3, 0.4) is 0 Å². The van der Waals surface area contributed by atoms with Crippen LogP contribution < -0.4 is 5.73 Å². The van der Waals surface area contributed by atoms with Crippen molar-refractivity contribution in [1.82, 2.24) is 4.31 Å². The van der Waals surface area contributed by atoms with Crippen molar-refractivity contribution in [2.45, 2.75) is 49.6 Å². The van der Waals surface area contributed by atoms with Crippen LogP contribution in [0.2, 0.25) is 0 Å². The summed E-state index contributed by atoms with van der Waals surface area (Å²) in [6.45, 7) is 9.46. The maximum atomic E-state index is 13.0. The first kappa shape index (κ1) is 16.8. The quantitative estimate of drug-likeness (QED) is 0.924. The standard InChI is InChI=1S/C15H24N2O2S2/c1-10-5-14(7-16)6-15(13(10)4)21(18,19)17-8-11(2)20-12(3)9-17/h5-6,11-12H,7-9,16H2,1-4H3. The van der Waals surface area contributed by atoms with Crippen molar-refractivity contribution in [2.75, 3.05) is 13.1 Å². The zero-order valence-corrected chi connectivity index (χ0v) is 14.7. The average Bonchev–Trinajstić information content (AvgIpc) is 2.40. The van der Waals surface area contributed by atoms with Crippen molar-refractivity contribution in [1.29, 1.82) is 0 Å². The molecule has 0 aromatic heterocycles. The summed E-state index contributed by atoms with van der Waals surface area (Å²) in [7, 11) is -3.45. The largest absolute Gasteiger partial charge is 0.326 e. The van der Waals surface area contributed by atoms with E-state index >= 15 is 0 Å². The van der Waals surface area contributed by atoms with Gasteiger partial charge in [0.05, 0.1) is 4.90 Å². The number of sulfonamides is 1. The number of benzene rings is 1. The second-order valence-corrected chi connectivity index (χ2v) is 9.61. The highest BCUT2D eigenvalue weighted by molar-refractivity contribution is 8.00. The van der Waals surface area contributed by atoms with Crippen LogP contribution in [-0.2, 0) is 16.6 Å². The molecule has 0 radical (unpaired) electrons. The summed E-state index contributed by atoms with van der Waals surface area (Å²) >= 11 is 1.85. The van der Waals surface area contributed by atoms with E-state index in [2.05, 4.69) is 13.8 Å². The molecule has 1 heterocycles. The van der Waals surface area contributed by atoms with Gasteiger partial charge in [-0.05, 0) is 36.6 Å². The Hall–Kier alpha value is -0.560. The molecule has 6 heteroatoms. The molecule has 0 spiro atoms. The molecule has 2 rings (SSSR count). The lowest BCUT2D eigenvalue weighted by atomic mass is 10.1. The lowest BCUT2D eigenvalue weighted by molar-refractivity contribution is 0.404. The zero-order chi connectivity index (χ0) is 15.8. The summed E-state index contributed by atoms with van der Waals surface area (Å²) in [6.07, 6.45) is 0. The van der Waals surface area contributed by atoms with Crippen LogP contribution in [-0.4, -0.2) is 36.3 Å². The van der Waals surface area contributed by atoms with Gasteiger partial charge in [-0.15, -0.1) is 0 Å². The number of nitrogens with zero attached hydrogens (tertiary/aromatic N) is 1. The Kier molecular flexibility index (Phi) is 5.03. The van der Waals surface area contributed by atoms with Crippen molar-refractivity contribution in [3.8, 4) is 0 Å². The van der Waals surface area contributed by atoms with Crippen LogP contribution in [0.4, 0.5) is 0 Å². The number of aryl methyl sites for hydroxylation is 1. The predicted octanol–water partition coefficient (Wildman–Crippen LogP) is 2.28. The topological polar surface area (TPSA) is 63.4 Å².